The second-order valence-electron chi connectivity index (χ2n) is 5.23. The van der Waals surface area contributed by atoms with Crippen LogP contribution in [0.3, 0.4) is 0 Å². The first-order valence-electron chi connectivity index (χ1n) is 7.31. The van der Waals surface area contributed by atoms with Crippen LogP contribution in [0.1, 0.15) is 32.3 Å². The molecule has 0 spiro atoms. The van der Waals surface area contributed by atoms with Gasteiger partial charge < -0.3 is 5.32 Å². The molecule has 2 rings (SSSR count). The smallest absolute Gasteiger partial charge is 0.261 e. The summed E-state index contributed by atoms with van der Waals surface area (Å²) in [7, 11) is 0. The van der Waals surface area contributed by atoms with Crippen molar-refractivity contribution in [2.75, 3.05) is 0 Å². The summed E-state index contributed by atoms with van der Waals surface area (Å²) in [5.41, 5.74) is 1.47. The molecule has 1 heterocycles. The fraction of sp³-hybridized carbons (Fsp3) is 0.438. The number of nitrogens with one attached hydrogen (secondary N) is 1. The van der Waals surface area contributed by atoms with E-state index in [1.54, 1.807) is 6.07 Å². The van der Waals surface area contributed by atoms with E-state index in [0.717, 1.165) is 18.4 Å². The second-order valence-corrected chi connectivity index (χ2v) is 5.23. The summed E-state index contributed by atoms with van der Waals surface area (Å²) in [5, 5.41) is 3.47. The van der Waals surface area contributed by atoms with Crippen LogP contribution in [0.2, 0.25) is 0 Å². The number of aryl methyl sites for hydroxylation is 1. The van der Waals surface area contributed by atoms with Gasteiger partial charge in [0.1, 0.15) is 6.54 Å². The monoisotopic (exact) mass is 287 g/mol. The fourth-order valence-electron chi connectivity index (χ4n) is 2.37. The third-order valence-corrected chi connectivity index (χ3v) is 3.72. The molecule has 0 radical (unpaired) electrons. The van der Waals surface area contributed by atoms with Crippen molar-refractivity contribution in [2.45, 2.75) is 46.2 Å². The molecule has 5 nitrogen and oxygen atoms in total. The predicted molar refractivity (Wildman–Crippen MR) is 83.3 cm³/mol. The lowest BCUT2D eigenvalue weighted by molar-refractivity contribution is -0.122. The molecule has 5 heteroatoms. The van der Waals surface area contributed by atoms with Crippen LogP contribution in [0.15, 0.2) is 29.3 Å². The van der Waals surface area contributed by atoms with Crippen LogP contribution < -0.4 is 10.9 Å². The first-order chi connectivity index (χ1) is 10.1. The molecule has 2 aromatic rings. The van der Waals surface area contributed by atoms with Gasteiger partial charge in [0.2, 0.25) is 5.91 Å². The minimum atomic E-state index is -0.177. The molecule has 0 bridgehead atoms. The predicted octanol–water partition coefficient (Wildman–Crippen LogP) is 2.01. The number of amides is 1. The first-order valence-corrected chi connectivity index (χ1v) is 7.31. The van der Waals surface area contributed by atoms with E-state index < -0.39 is 0 Å². The Morgan fingerprint density at radius 1 is 1.33 bits per heavy atom. The highest BCUT2D eigenvalue weighted by molar-refractivity contribution is 5.81. The van der Waals surface area contributed by atoms with Crippen molar-refractivity contribution < 1.29 is 4.79 Å². The lowest BCUT2D eigenvalue weighted by atomic mass is 10.1. The molecule has 0 atom stereocenters. The van der Waals surface area contributed by atoms with E-state index in [-0.39, 0.29) is 24.1 Å². The Hall–Kier alpha value is -2.17. The number of hydrogen-bond donors (Lipinski definition) is 1. The van der Waals surface area contributed by atoms with E-state index in [1.807, 2.05) is 32.9 Å². The molecule has 112 valence electrons. The summed E-state index contributed by atoms with van der Waals surface area (Å²) in [6, 6.07) is 5.64. The lowest BCUT2D eigenvalue weighted by Gasteiger charge is -2.15. The molecule has 21 heavy (non-hydrogen) atoms. The molecule has 1 N–H and O–H groups in total. The summed E-state index contributed by atoms with van der Waals surface area (Å²) >= 11 is 0. The van der Waals surface area contributed by atoms with Gasteiger partial charge in [-0.05, 0) is 31.4 Å². The number of rotatable bonds is 5. The van der Waals surface area contributed by atoms with E-state index in [9.17, 15) is 9.59 Å². The number of carbonyl (C=O) groups is 1. The third-order valence-electron chi connectivity index (χ3n) is 3.72. The van der Waals surface area contributed by atoms with Crippen molar-refractivity contribution in [3.05, 3.63) is 40.4 Å². The summed E-state index contributed by atoms with van der Waals surface area (Å²) < 4.78 is 1.36. The van der Waals surface area contributed by atoms with Crippen molar-refractivity contribution in [1.82, 2.24) is 14.9 Å². The van der Waals surface area contributed by atoms with Crippen molar-refractivity contribution >= 4 is 16.8 Å². The standard InChI is InChI=1S/C16H21N3O2/c1-4-12(5-2)18-14(20)9-19-10-17-15-11(3)7-6-8-13(15)16(19)21/h6-8,10,12H,4-5,9H2,1-3H3,(H,18,20). The first kappa shape index (κ1) is 15.2. The second kappa shape index (κ2) is 6.52. The molecule has 0 saturated carbocycles. The van der Waals surface area contributed by atoms with Gasteiger partial charge in [-0.15, -0.1) is 0 Å². The molecule has 1 amide bonds. The van der Waals surface area contributed by atoms with Crippen LogP contribution in [0.5, 0.6) is 0 Å². The van der Waals surface area contributed by atoms with Crippen molar-refractivity contribution in [1.29, 1.82) is 0 Å². The lowest BCUT2D eigenvalue weighted by Crippen LogP contribution is -2.38. The summed E-state index contributed by atoms with van der Waals surface area (Å²) in [6.45, 7) is 5.98. The van der Waals surface area contributed by atoms with Gasteiger partial charge in [0.15, 0.2) is 0 Å². The highest BCUT2D eigenvalue weighted by Crippen LogP contribution is 2.11. The van der Waals surface area contributed by atoms with Crippen LogP contribution in [-0.2, 0) is 11.3 Å². The van der Waals surface area contributed by atoms with Gasteiger partial charge >= 0.3 is 0 Å². The Kier molecular flexibility index (Phi) is 4.73. The molecule has 1 aromatic carbocycles. The molecular formula is C16H21N3O2. The highest BCUT2D eigenvalue weighted by atomic mass is 16.2. The van der Waals surface area contributed by atoms with Crippen LogP contribution >= 0.6 is 0 Å². The SMILES string of the molecule is CCC(CC)NC(=O)Cn1cnc2c(C)cccc2c1=O. The Balaban J connectivity index is 2.26. The summed E-state index contributed by atoms with van der Waals surface area (Å²) in [6.07, 6.45) is 3.21. The third kappa shape index (κ3) is 3.29. The topological polar surface area (TPSA) is 64.0 Å². The van der Waals surface area contributed by atoms with Gasteiger partial charge in [0, 0.05) is 6.04 Å². The van der Waals surface area contributed by atoms with E-state index in [1.165, 1.54) is 10.9 Å². The minimum absolute atomic E-state index is 0.00617. The highest BCUT2D eigenvalue weighted by Gasteiger charge is 2.11. The van der Waals surface area contributed by atoms with E-state index in [0.29, 0.717) is 10.9 Å². The number of nitrogens with zero attached hydrogens (tertiary/aromatic N) is 2. The van der Waals surface area contributed by atoms with Crippen molar-refractivity contribution in [3.63, 3.8) is 0 Å². The van der Waals surface area contributed by atoms with Gasteiger partial charge in [0.05, 0.1) is 17.2 Å². The number of carbonyl (C=O) groups excluding carboxylic acids is 1. The van der Waals surface area contributed by atoms with Gasteiger partial charge in [-0.2, -0.15) is 0 Å². The molecule has 0 saturated heterocycles. The van der Waals surface area contributed by atoms with Crippen LogP contribution in [-0.4, -0.2) is 21.5 Å². The fourth-order valence-corrected chi connectivity index (χ4v) is 2.37. The number of benzene rings is 1. The zero-order valence-electron chi connectivity index (χ0n) is 12.7. The Morgan fingerprint density at radius 3 is 2.71 bits per heavy atom. The summed E-state index contributed by atoms with van der Waals surface area (Å²) in [4.78, 5) is 28.7. The van der Waals surface area contributed by atoms with Crippen molar-refractivity contribution in [3.8, 4) is 0 Å². The van der Waals surface area contributed by atoms with Gasteiger partial charge in [-0.3, -0.25) is 14.2 Å². The summed E-state index contributed by atoms with van der Waals surface area (Å²) in [5.74, 6) is -0.153. The number of fused-ring (bicyclic) bond motifs is 1. The normalized spacial score (nSPS) is 11.0. The molecular weight excluding hydrogens is 266 g/mol. The van der Waals surface area contributed by atoms with Crippen LogP contribution in [0.4, 0.5) is 0 Å². The van der Waals surface area contributed by atoms with Crippen LogP contribution in [0.25, 0.3) is 10.9 Å². The van der Waals surface area contributed by atoms with Crippen LogP contribution in [0, 0.1) is 6.92 Å². The average molecular weight is 287 g/mol. The Morgan fingerprint density at radius 2 is 2.05 bits per heavy atom. The maximum Gasteiger partial charge on any atom is 0.261 e. The molecule has 0 aliphatic rings. The maximum atomic E-state index is 12.4. The average Bonchev–Trinajstić information content (AvgIpc) is 2.48. The van der Waals surface area contributed by atoms with Gasteiger partial charge in [-0.1, -0.05) is 26.0 Å². The molecule has 0 aliphatic heterocycles. The molecule has 0 unspecified atom stereocenters. The van der Waals surface area contributed by atoms with Crippen molar-refractivity contribution in [2.24, 2.45) is 0 Å². The van der Waals surface area contributed by atoms with Gasteiger partial charge in [0.25, 0.3) is 5.56 Å². The molecule has 1 aromatic heterocycles. The van der Waals surface area contributed by atoms with Gasteiger partial charge in [-0.25, -0.2) is 4.98 Å². The molecule has 0 fully saturated rings. The zero-order chi connectivity index (χ0) is 15.4. The molecule has 0 aliphatic carbocycles. The van der Waals surface area contributed by atoms with E-state index in [4.69, 9.17) is 0 Å². The largest absolute Gasteiger partial charge is 0.352 e. The van der Waals surface area contributed by atoms with E-state index >= 15 is 0 Å². The number of hydrogen-bond acceptors (Lipinski definition) is 3. The Labute approximate surface area is 124 Å². The quantitative estimate of drug-likeness (QED) is 0.915. The zero-order valence-corrected chi connectivity index (χ0v) is 12.7. The number of aromatic nitrogens is 2. The maximum absolute atomic E-state index is 12.4. The Bertz CT molecular complexity index is 702. The minimum Gasteiger partial charge on any atom is -0.352 e. The van der Waals surface area contributed by atoms with E-state index in [2.05, 4.69) is 10.3 Å². The number of para-hydroxylation sites is 1.